The van der Waals surface area contributed by atoms with Gasteiger partial charge in [0.2, 0.25) is 11.8 Å². The predicted octanol–water partition coefficient (Wildman–Crippen LogP) is 2.28. The molecular weight excluding hydrogens is 406 g/mol. The summed E-state index contributed by atoms with van der Waals surface area (Å²) in [6, 6.07) is 7.90. The lowest BCUT2D eigenvalue weighted by molar-refractivity contribution is -0.116. The molecule has 1 aromatic carbocycles. The maximum absolute atomic E-state index is 12.6. The Kier molecular flexibility index (Phi) is 5.47. The molecule has 0 saturated carbocycles. The van der Waals surface area contributed by atoms with Crippen LogP contribution in [0.1, 0.15) is 12.3 Å². The lowest BCUT2D eigenvalue weighted by Gasteiger charge is -2.28. The smallest absolute Gasteiger partial charge is 0.277 e. The van der Waals surface area contributed by atoms with Gasteiger partial charge in [-0.1, -0.05) is 23.9 Å². The predicted molar refractivity (Wildman–Crippen MR) is 105 cm³/mol. The minimum absolute atomic E-state index is 0.00869. The third-order valence-electron chi connectivity index (χ3n) is 4.59. The summed E-state index contributed by atoms with van der Waals surface area (Å²) in [5.74, 6) is 2.00. The number of hydrogen-bond donors (Lipinski definition) is 0. The first kappa shape index (κ1) is 18.8. The standard InChI is InChI=1S/C17H19N3O4S3/c21-16(20-6-7-25-14-4-2-1-3-13(14)20)10-26-17-19-18-15(24-17)9-12-5-8-27(22,23)11-12/h1-4,12H,5-11H2. The third kappa shape index (κ3) is 4.49. The van der Waals surface area contributed by atoms with Crippen molar-refractivity contribution in [3.05, 3.63) is 30.2 Å². The van der Waals surface area contributed by atoms with E-state index in [0.29, 0.717) is 30.5 Å². The fourth-order valence-corrected chi connectivity index (χ4v) is 6.80. The molecule has 1 aromatic heterocycles. The fourth-order valence-electron chi connectivity index (χ4n) is 3.29. The summed E-state index contributed by atoms with van der Waals surface area (Å²) in [4.78, 5) is 15.6. The fraction of sp³-hybridized carbons (Fsp3) is 0.471. The van der Waals surface area contributed by atoms with Crippen LogP contribution < -0.4 is 4.90 Å². The van der Waals surface area contributed by atoms with Gasteiger partial charge in [0.05, 0.1) is 22.9 Å². The van der Waals surface area contributed by atoms with Crippen LogP contribution in [0.2, 0.25) is 0 Å². The highest BCUT2D eigenvalue weighted by Crippen LogP contribution is 2.35. The lowest BCUT2D eigenvalue weighted by atomic mass is 10.1. The molecule has 0 radical (unpaired) electrons. The van der Waals surface area contributed by atoms with Gasteiger partial charge in [-0.25, -0.2) is 8.42 Å². The van der Waals surface area contributed by atoms with E-state index in [1.165, 1.54) is 11.8 Å². The second-order valence-electron chi connectivity index (χ2n) is 6.59. The Bertz CT molecular complexity index is 944. The van der Waals surface area contributed by atoms with Crippen LogP contribution in [0.3, 0.4) is 0 Å². The molecule has 144 valence electrons. The van der Waals surface area contributed by atoms with Gasteiger partial charge in [0.15, 0.2) is 9.84 Å². The lowest BCUT2D eigenvalue weighted by Crippen LogP contribution is -2.36. The number of para-hydroxylation sites is 1. The van der Waals surface area contributed by atoms with Crippen LogP contribution in [0.5, 0.6) is 0 Å². The monoisotopic (exact) mass is 425 g/mol. The second-order valence-corrected chi connectivity index (χ2v) is 10.9. The average Bonchev–Trinajstić information content (AvgIpc) is 3.25. The first-order valence-corrected chi connectivity index (χ1v) is 12.5. The average molecular weight is 426 g/mol. The number of carbonyl (C=O) groups excluding carboxylic acids is 1. The zero-order valence-corrected chi connectivity index (χ0v) is 17.0. The minimum atomic E-state index is -2.91. The Morgan fingerprint density at radius 1 is 1.33 bits per heavy atom. The summed E-state index contributed by atoms with van der Waals surface area (Å²) in [5.41, 5.74) is 0.952. The van der Waals surface area contributed by atoms with Crippen LogP contribution in [0, 0.1) is 5.92 Å². The molecule has 0 N–H and O–H groups in total. The molecule has 4 rings (SSSR count). The van der Waals surface area contributed by atoms with Gasteiger partial charge < -0.3 is 9.32 Å². The van der Waals surface area contributed by atoms with Crippen molar-refractivity contribution >= 4 is 45.0 Å². The summed E-state index contributed by atoms with van der Waals surface area (Å²) < 4.78 is 28.7. The summed E-state index contributed by atoms with van der Waals surface area (Å²) in [5, 5.41) is 8.32. The van der Waals surface area contributed by atoms with Crippen molar-refractivity contribution in [2.75, 3.05) is 34.5 Å². The molecule has 2 aliphatic heterocycles. The Morgan fingerprint density at radius 2 is 2.19 bits per heavy atom. The molecule has 1 amide bonds. The summed E-state index contributed by atoms with van der Waals surface area (Å²) in [7, 11) is -2.91. The van der Waals surface area contributed by atoms with Gasteiger partial charge in [0.1, 0.15) is 0 Å². The number of nitrogens with zero attached hydrogens (tertiary/aromatic N) is 3. The van der Waals surface area contributed by atoms with E-state index in [0.717, 1.165) is 16.3 Å². The molecule has 7 nitrogen and oxygen atoms in total. The zero-order chi connectivity index (χ0) is 18.9. The molecule has 1 unspecified atom stereocenters. The van der Waals surface area contributed by atoms with Crippen LogP contribution in [0.15, 0.2) is 38.8 Å². The quantitative estimate of drug-likeness (QED) is 0.674. The number of rotatable bonds is 5. The Morgan fingerprint density at radius 3 is 3.00 bits per heavy atom. The SMILES string of the molecule is O=C(CSc1nnc(CC2CCS(=O)(=O)C2)o1)N1CCSc2ccccc21. The third-order valence-corrected chi connectivity index (χ3v) is 8.27. The van der Waals surface area contributed by atoms with E-state index in [2.05, 4.69) is 10.2 Å². The molecule has 0 spiro atoms. The van der Waals surface area contributed by atoms with Crippen LogP contribution in [-0.4, -0.2) is 54.1 Å². The van der Waals surface area contributed by atoms with Gasteiger partial charge in [-0.15, -0.1) is 22.0 Å². The molecule has 0 bridgehead atoms. The number of hydrogen-bond acceptors (Lipinski definition) is 8. The molecule has 10 heteroatoms. The highest BCUT2D eigenvalue weighted by atomic mass is 32.2. The van der Waals surface area contributed by atoms with Gasteiger partial charge in [-0.05, 0) is 24.5 Å². The van der Waals surface area contributed by atoms with E-state index < -0.39 is 9.84 Å². The number of fused-ring (bicyclic) bond motifs is 1. The number of sulfone groups is 1. The van der Waals surface area contributed by atoms with Gasteiger partial charge in [-0.3, -0.25) is 4.79 Å². The van der Waals surface area contributed by atoms with Gasteiger partial charge in [0, 0.05) is 23.6 Å². The molecule has 2 aromatic rings. The van der Waals surface area contributed by atoms with Crippen molar-refractivity contribution in [3.63, 3.8) is 0 Å². The van der Waals surface area contributed by atoms with Gasteiger partial charge in [0.25, 0.3) is 5.22 Å². The number of benzene rings is 1. The van der Waals surface area contributed by atoms with Crippen LogP contribution in [0.25, 0.3) is 0 Å². The van der Waals surface area contributed by atoms with Crippen LogP contribution >= 0.6 is 23.5 Å². The van der Waals surface area contributed by atoms with Gasteiger partial charge >= 0.3 is 0 Å². The molecular formula is C17H19N3O4S3. The maximum atomic E-state index is 12.6. The molecule has 2 aliphatic rings. The first-order chi connectivity index (χ1) is 13.0. The van der Waals surface area contributed by atoms with Gasteiger partial charge in [-0.2, -0.15) is 0 Å². The van der Waals surface area contributed by atoms with E-state index in [9.17, 15) is 13.2 Å². The van der Waals surface area contributed by atoms with E-state index in [4.69, 9.17) is 4.42 Å². The van der Waals surface area contributed by atoms with Crippen molar-refractivity contribution in [2.45, 2.75) is 23.0 Å². The van der Waals surface area contributed by atoms with E-state index in [1.807, 2.05) is 24.3 Å². The molecule has 1 atom stereocenters. The summed E-state index contributed by atoms with van der Waals surface area (Å²) in [6.45, 7) is 0.687. The Labute approximate surface area is 166 Å². The molecule has 1 fully saturated rings. The Hall–Kier alpha value is -1.52. The zero-order valence-electron chi connectivity index (χ0n) is 14.5. The number of carbonyl (C=O) groups is 1. The number of anilines is 1. The van der Waals surface area contributed by atoms with E-state index >= 15 is 0 Å². The van der Waals surface area contributed by atoms with Crippen molar-refractivity contribution in [2.24, 2.45) is 5.92 Å². The number of aromatic nitrogens is 2. The number of thioether (sulfide) groups is 2. The minimum Gasteiger partial charge on any atom is -0.416 e. The summed E-state index contributed by atoms with van der Waals surface area (Å²) in [6.07, 6.45) is 1.11. The van der Waals surface area contributed by atoms with Crippen LogP contribution in [0.4, 0.5) is 5.69 Å². The summed E-state index contributed by atoms with van der Waals surface area (Å²) >= 11 is 2.98. The first-order valence-electron chi connectivity index (χ1n) is 8.68. The molecule has 3 heterocycles. The van der Waals surface area contributed by atoms with Crippen molar-refractivity contribution in [1.29, 1.82) is 0 Å². The number of amides is 1. The normalized spacial score (nSPS) is 21.2. The molecule has 1 saturated heterocycles. The van der Waals surface area contributed by atoms with E-state index in [-0.39, 0.29) is 29.1 Å². The Balaban J connectivity index is 1.33. The maximum Gasteiger partial charge on any atom is 0.277 e. The highest BCUT2D eigenvalue weighted by Gasteiger charge is 2.29. The second kappa shape index (κ2) is 7.84. The topological polar surface area (TPSA) is 93.4 Å². The van der Waals surface area contributed by atoms with E-state index in [1.54, 1.807) is 16.7 Å². The van der Waals surface area contributed by atoms with Crippen LogP contribution in [-0.2, 0) is 21.1 Å². The van der Waals surface area contributed by atoms with Crippen molar-refractivity contribution < 1.29 is 17.6 Å². The molecule has 27 heavy (non-hydrogen) atoms. The highest BCUT2D eigenvalue weighted by molar-refractivity contribution is 8.00. The molecule has 0 aliphatic carbocycles. The van der Waals surface area contributed by atoms with Crippen molar-refractivity contribution in [1.82, 2.24) is 10.2 Å². The largest absolute Gasteiger partial charge is 0.416 e. The van der Waals surface area contributed by atoms with Crippen molar-refractivity contribution in [3.8, 4) is 0 Å².